The zero-order valence-electron chi connectivity index (χ0n) is 10.4. The third-order valence-electron chi connectivity index (χ3n) is 3.85. The summed E-state index contributed by atoms with van der Waals surface area (Å²) >= 11 is 0. The highest BCUT2D eigenvalue weighted by Gasteiger charge is 2.43. The molecule has 0 spiro atoms. The first-order chi connectivity index (χ1) is 8.57. The van der Waals surface area contributed by atoms with Crippen LogP contribution in [0.1, 0.15) is 26.7 Å². The van der Waals surface area contributed by atoms with Crippen molar-refractivity contribution in [2.45, 2.75) is 38.8 Å². The fourth-order valence-corrected chi connectivity index (χ4v) is 2.58. The van der Waals surface area contributed by atoms with Gasteiger partial charge in [0.2, 0.25) is 18.2 Å². The van der Waals surface area contributed by atoms with Gasteiger partial charge in [0.15, 0.2) is 0 Å². The summed E-state index contributed by atoms with van der Waals surface area (Å²) in [6.45, 7) is 4.18. The van der Waals surface area contributed by atoms with Crippen molar-refractivity contribution >= 4 is 18.2 Å². The van der Waals surface area contributed by atoms with Gasteiger partial charge in [-0.05, 0) is 24.2 Å². The predicted octanol–water partition coefficient (Wildman–Crippen LogP) is 1.17. The van der Waals surface area contributed by atoms with Gasteiger partial charge in [0.25, 0.3) is 0 Å². The Bertz CT molecular complexity index is 445. The van der Waals surface area contributed by atoms with E-state index in [0.717, 1.165) is 0 Å². The summed E-state index contributed by atoms with van der Waals surface area (Å²) in [6, 6.07) is -0.502. The number of rotatable bonds is 4. The van der Waals surface area contributed by atoms with Crippen LogP contribution in [0, 0.1) is 11.3 Å². The van der Waals surface area contributed by atoms with Crippen LogP contribution in [0.15, 0.2) is 15.0 Å². The Labute approximate surface area is 105 Å². The molecule has 0 aliphatic heterocycles. The minimum Gasteiger partial charge on any atom is -0.211 e. The van der Waals surface area contributed by atoms with Crippen molar-refractivity contribution in [1.82, 2.24) is 0 Å². The molecule has 1 rings (SSSR count). The van der Waals surface area contributed by atoms with Gasteiger partial charge in [0, 0.05) is 0 Å². The number of hydrogen-bond acceptors (Lipinski definition) is 6. The van der Waals surface area contributed by atoms with E-state index >= 15 is 0 Å². The molecule has 0 radical (unpaired) electrons. The topological polar surface area (TPSA) is 88.3 Å². The van der Waals surface area contributed by atoms with Crippen molar-refractivity contribution in [3.05, 3.63) is 0 Å². The molecule has 6 heteroatoms. The molecule has 1 fully saturated rings. The summed E-state index contributed by atoms with van der Waals surface area (Å²) < 4.78 is 0. The van der Waals surface area contributed by atoms with E-state index in [1.54, 1.807) is 6.08 Å². The standard InChI is InChI=1S/C12H15N3O3/c1-9-11(15-8-18)3-10(14-7-17)4-12(9,2)5-13-6-16/h9-11H,3-5H2,1-2H3. The van der Waals surface area contributed by atoms with Crippen molar-refractivity contribution < 1.29 is 14.4 Å². The third kappa shape index (κ3) is 3.08. The minimum atomic E-state index is -0.342. The highest BCUT2D eigenvalue weighted by atomic mass is 16.1. The van der Waals surface area contributed by atoms with Gasteiger partial charge < -0.3 is 0 Å². The zero-order valence-corrected chi connectivity index (χ0v) is 10.4. The van der Waals surface area contributed by atoms with Gasteiger partial charge in [-0.15, -0.1) is 0 Å². The zero-order chi connectivity index (χ0) is 13.6. The summed E-state index contributed by atoms with van der Waals surface area (Å²) in [5, 5.41) is 0. The molecule has 0 bridgehead atoms. The first kappa shape index (κ1) is 14.2. The molecule has 4 unspecified atom stereocenters. The van der Waals surface area contributed by atoms with E-state index in [9.17, 15) is 14.4 Å². The molecule has 0 heterocycles. The van der Waals surface area contributed by atoms with Crippen LogP contribution in [0.25, 0.3) is 0 Å². The van der Waals surface area contributed by atoms with Gasteiger partial charge >= 0.3 is 0 Å². The van der Waals surface area contributed by atoms with Crippen molar-refractivity contribution in [3.63, 3.8) is 0 Å². The van der Waals surface area contributed by atoms with E-state index in [-0.39, 0.29) is 30.0 Å². The first-order valence-electron chi connectivity index (χ1n) is 5.75. The molecule has 0 saturated heterocycles. The predicted molar refractivity (Wildman–Crippen MR) is 63.3 cm³/mol. The minimum absolute atomic E-state index is 0.0501. The maximum Gasteiger partial charge on any atom is 0.235 e. The summed E-state index contributed by atoms with van der Waals surface area (Å²) in [5.74, 6) is 0.0501. The quantitative estimate of drug-likeness (QED) is 0.553. The molecule has 1 aliphatic carbocycles. The molecule has 6 nitrogen and oxygen atoms in total. The number of carbonyl (C=O) groups excluding carboxylic acids is 3. The van der Waals surface area contributed by atoms with Crippen LogP contribution in [0.2, 0.25) is 0 Å². The molecule has 1 saturated carbocycles. The molecule has 0 N–H and O–H groups in total. The molecule has 0 aromatic carbocycles. The number of isocyanates is 3. The highest BCUT2D eigenvalue weighted by Crippen LogP contribution is 2.43. The lowest BCUT2D eigenvalue weighted by Crippen LogP contribution is -2.44. The Morgan fingerprint density at radius 2 is 1.83 bits per heavy atom. The van der Waals surface area contributed by atoms with E-state index < -0.39 is 0 Å². The number of hydrogen-bond donors (Lipinski definition) is 0. The Morgan fingerprint density at radius 1 is 1.17 bits per heavy atom. The highest BCUT2D eigenvalue weighted by molar-refractivity contribution is 5.36. The second-order valence-electron chi connectivity index (χ2n) is 4.95. The van der Waals surface area contributed by atoms with Crippen LogP contribution < -0.4 is 0 Å². The lowest BCUT2D eigenvalue weighted by atomic mass is 9.64. The van der Waals surface area contributed by atoms with Gasteiger partial charge in [-0.3, -0.25) is 0 Å². The van der Waals surface area contributed by atoms with Crippen molar-refractivity contribution in [2.24, 2.45) is 26.3 Å². The third-order valence-corrected chi connectivity index (χ3v) is 3.85. The summed E-state index contributed by atoms with van der Waals surface area (Å²) in [7, 11) is 0. The average molecular weight is 249 g/mol. The van der Waals surface area contributed by atoms with E-state index in [1.165, 1.54) is 12.2 Å². The van der Waals surface area contributed by atoms with E-state index in [2.05, 4.69) is 15.0 Å². The van der Waals surface area contributed by atoms with Gasteiger partial charge in [-0.1, -0.05) is 13.8 Å². The Morgan fingerprint density at radius 3 is 2.39 bits per heavy atom. The van der Waals surface area contributed by atoms with Crippen LogP contribution in [0.4, 0.5) is 0 Å². The van der Waals surface area contributed by atoms with Gasteiger partial charge in [0.1, 0.15) is 0 Å². The van der Waals surface area contributed by atoms with Crippen LogP contribution in [0.5, 0.6) is 0 Å². The molecule has 18 heavy (non-hydrogen) atoms. The van der Waals surface area contributed by atoms with Crippen LogP contribution in [0.3, 0.4) is 0 Å². The molecule has 1 aliphatic rings. The summed E-state index contributed by atoms with van der Waals surface area (Å²) in [4.78, 5) is 42.1. The lowest BCUT2D eigenvalue weighted by Gasteiger charge is -2.43. The van der Waals surface area contributed by atoms with Gasteiger partial charge in [-0.25, -0.2) is 29.4 Å². The molecular weight excluding hydrogens is 234 g/mol. The molecule has 0 aromatic heterocycles. The largest absolute Gasteiger partial charge is 0.235 e. The molecule has 0 aromatic rings. The van der Waals surface area contributed by atoms with Crippen molar-refractivity contribution in [2.75, 3.05) is 6.54 Å². The molecule has 4 atom stereocenters. The van der Waals surface area contributed by atoms with E-state index in [0.29, 0.717) is 12.8 Å². The molecule has 0 amide bonds. The number of aliphatic imine (C=N–C) groups is 3. The second kappa shape index (κ2) is 6.18. The van der Waals surface area contributed by atoms with Gasteiger partial charge in [0.05, 0.1) is 18.6 Å². The first-order valence-corrected chi connectivity index (χ1v) is 5.75. The normalized spacial score (nSPS) is 34.7. The SMILES string of the molecule is CC1C(N=C=O)CC(N=C=O)CC1(C)CN=C=O. The Kier molecular flexibility index (Phi) is 4.87. The summed E-state index contributed by atoms with van der Waals surface area (Å²) in [5.41, 5.74) is -0.342. The van der Waals surface area contributed by atoms with E-state index in [1.807, 2.05) is 13.8 Å². The number of nitrogens with zero attached hydrogens (tertiary/aromatic N) is 3. The fraction of sp³-hybridized carbons (Fsp3) is 0.750. The Balaban J connectivity index is 3.02. The smallest absolute Gasteiger partial charge is 0.211 e. The van der Waals surface area contributed by atoms with Crippen LogP contribution in [-0.2, 0) is 14.4 Å². The monoisotopic (exact) mass is 249 g/mol. The average Bonchev–Trinajstić information content (AvgIpc) is 2.34. The second-order valence-corrected chi connectivity index (χ2v) is 4.95. The van der Waals surface area contributed by atoms with Crippen LogP contribution >= 0.6 is 0 Å². The van der Waals surface area contributed by atoms with Crippen LogP contribution in [-0.4, -0.2) is 36.9 Å². The van der Waals surface area contributed by atoms with E-state index in [4.69, 9.17) is 0 Å². The lowest BCUT2D eigenvalue weighted by molar-refractivity contribution is 0.106. The fourth-order valence-electron chi connectivity index (χ4n) is 2.58. The molecular formula is C12H15N3O3. The van der Waals surface area contributed by atoms with Crippen molar-refractivity contribution in [1.29, 1.82) is 0 Å². The van der Waals surface area contributed by atoms with Crippen molar-refractivity contribution in [3.8, 4) is 0 Å². The Hall–Kier alpha value is -1.86. The maximum absolute atomic E-state index is 10.4. The molecule has 96 valence electrons. The van der Waals surface area contributed by atoms with Gasteiger partial charge in [-0.2, -0.15) is 0 Å². The maximum atomic E-state index is 10.4. The summed E-state index contributed by atoms with van der Waals surface area (Å²) in [6.07, 6.45) is 5.73.